The first-order valence-electron chi connectivity index (χ1n) is 4.48. The second kappa shape index (κ2) is 3.92. The summed E-state index contributed by atoms with van der Waals surface area (Å²) >= 11 is 0. The van der Waals surface area contributed by atoms with Gasteiger partial charge in [-0.2, -0.15) is 0 Å². The summed E-state index contributed by atoms with van der Waals surface area (Å²) in [6.45, 7) is 1.38. The average molecular weight is 199 g/mol. The van der Waals surface area contributed by atoms with Crippen LogP contribution in [0, 0.1) is 0 Å². The lowest BCUT2D eigenvalue weighted by molar-refractivity contribution is 0.0211. The van der Waals surface area contributed by atoms with Crippen molar-refractivity contribution in [2.24, 2.45) is 0 Å². The molecule has 0 amide bonds. The highest BCUT2D eigenvalue weighted by Crippen LogP contribution is 2.21. The van der Waals surface area contributed by atoms with E-state index < -0.39 is 6.43 Å². The van der Waals surface area contributed by atoms with Gasteiger partial charge in [-0.1, -0.05) is 12.1 Å². The number of alkyl halides is 2. The molecule has 2 rings (SSSR count). The molecule has 1 aromatic rings. The van der Waals surface area contributed by atoms with E-state index in [4.69, 9.17) is 4.74 Å². The molecule has 0 saturated carbocycles. The molecule has 14 heavy (non-hydrogen) atoms. The number of halogens is 2. The number of rotatable bonds is 3. The molecule has 1 aliphatic heterocycles. The number of benzene rings is 1. The zero-order chi connectivity index (χ0) is 9.97. The van der Waals surface area contributed by atoms with Crippen molar-refractivity contribution in [1.29, 1.82) is 0 Å². The highest BCUT2D eigenvalue weighted by Gasteiger charge is 2.17. The maximum absolute atomic E-state index is 12.2. The van der Waals surface area contributed by atoms with E-state index in [2.05, 4.69) is 5.32 Å². The fourth-order valence-electron chi connectivity index (χ4n) is 1.28. The standard InChI is InChI=1S/C10H11F2NO/c11-10(12)7-1-3-8(4-2-7)13-9-5-14-6-9/h1-4,9-10,13H,5-6H2. The second-order valence-corrected chi connectivity index (χ2v) is 3.30. The molecule has 0 aromatic heterocycles. The number of hydrogen-bond acceptors (Lipinski definition) is 2. The molecule has 0 atom stereocenters. The van der Waals surface area contributed by atoms with Crippen molar-refractivity contribution in [2.75, 3.05) is 18.5 Å². The maximum Gasteiger partial charge on any atom is 0.263 e. The van der Waals surface area contributed by atoms with E-state index >= 15 is 0 Å². The van der Waals surface area contributed by atoms with Crippen LogP contribution in [0.25, 0.3) is 0 Å². The van der Waals surface area contributed by atoms with Crippen LogP contribution in [0.2, 0.25) is 0 Å². The predicted molar refractivity (Wildman–Crippen MR) is 49.6 cm³/mol. The van der Waals surface area contributed by atoms with Crippen LogP contribution < -0.4 is 5.32 Å². The molecule has 1 fully saturated rings. The highest BCUT2D eigenvalue weighted by atomic mass is 19.3. The Morgan fingerprint density at radius 1 is 1.21 bits per heavy atom. The largest absolute Gasteiger partial charge is 0.378 e. The fraction of sp³-hybridized carbons (Fsp3) is 0.400. The summed E-state index contributed by atoms with van der Waals surface area (Å²) in [6, 6.07) is 6.53. The van der Waals surface area contributed by atoms with Gasteiger partial charge < -0.3 is 10.1 Å². The van der Waals surface area contributed by atoms with E-state index in [0.29, 0.717) is 19.3 Å². The Kier molecular flexibility index (Phi) is 2.63. The van der Waals surface area contributed by atoms with Gasteiger partial charge in [0, 0.05) is 11.3 Å². The molecule has 2 nitrogen and oxygen atoms in total. The zero-order valence-electron chi connectivity index (χ0n) is 7.54. The van der Waals surface area contributed by atoms with E-state index in [1.807, 2.05) is 0 Å². The Labute approximate surface area is 80.9 Å². The van der Waals surface area contributed by atoms with Gasteiger partial charge in [-0.15, -0.1) is 0 Å². The lowest BCUT2D eigenvalue weighted by Crippen LogP contribution is -2.40. The van der Waals surface area contributed by atoms with Crippen molar-refractivity contribution < 1.29 is 13.5 Å². The lowest BCUT2D eigenvalue weighted by atomic mass is 10.2. The van der Waals surface area contributed by atoms with Gasteiger partial charge in [0.2, 0.25) is 0 Å². The van der Waals surface area contributed by atoms with Gasteiger partial charge in [0.15, 0.2) is 0 Å². The van der Waals surface area contributed by atoms with Crippen LogP contribution in [-0.4, -0.2) is 19.3 Å². The Bertz CT molecular complexity index is 295. The van der Waals surface area contributed by atoms with Crippen molar-refractivity contribution in [2.45, 2.75) is 12.5 Å². The van der Waals surface area contributed by atoms with E-state index in [-0.39, 0.29) is 5.56 Å². The molecule has 0 spiro atoms. The third-order valence-corrected chi connectivity index (χ3v) is 2.17. The van der Waals surface area contributed by atoms with E-state index in [1.165, 1.54) is 12.1 Å². The number of anilines is 1. The van der Waals surface area contributed by atoms with Gasteiger partial charge in [-0.3, -0.25) is 0 Å². The van der Waals surface area contributed by atoms with Gasteiger partial charge in [0.05, 0.1) is 19.3 Å². The third kappa shape index (κ3) is 2.01. The Hall–Kier alpha value is -1.16. The van der Waals surface area contributed by atoms with Gasteiger partial charge in [-0.25, -0.2) is 8.78 Å². The summed E-state index contributed by atoms with van der Waals surface area (Å²) in [7, 11) is 0. The lowest BCUT2D eigenvalue weighted by Gasteiger charge is -2.27. The topological polar surface area (TPSA) is 21.3 Å². The molecular weight excluding hydrogens is 188 g/mol. The Morgan fingerprint density at radius 2 is 1.86 bits per heavy atom. The first-order valence-corrected chi connectivity index (χ1v) is 4.48. The second-order valence-electron chi connectivity index (χ2n) is 3.30. The smallest absolute Gasteiger partial charge is 0.263 e. The van der Waals surface area contributed by atoms with Crippen molar-refractivity contribution in [3.63, 3.8) is 0 Å². The highest BCUT2D eigenvalue weighted by molar-refractivity contribution is 5.46. The van der Waals surface area contributed by atoms with Crippen molar-refractivity contribution in [1.82, 2.24) is 0 Å². The average Bonchev–Trinajstić information content (AvgIpc) is 2.12. The number of ether oxygens (including phenoxy) is 1. The molecule has 1 aromatic carbocycles. The molecular formula is C10H11F2NO. The SMILES string of the molecule is FC(F)c1ccc(NC2COC2)cc1. The molecule has 1 N–H and O–H groups in total. The van der Waals surface area contributed by atoms with Crippen LogP contribution in [0.4, 0.5) is 14.5 Å². The summed E-state index contributed by atoms with van der Waals surface area (Å²) < 4.78 is 29.4. The van der Waals surface area contributed by atoms with Crippen LogP contribution in [0.1, 0.15) is 12.0 Å². The summed E-state index contributed by atoms with van der Waals surface area (Å²) in [6.07, 6.45) is -2.39. The van der Waals surface area contributed by atoms with Crippen LogP contribution in [0.15, 0.2) is 24.3 Å². The fourth-order valence-corrected chi connectivity index (χ4v) is 1.28. The molecule has 1 saturated heterocycles. The molecule has 0 radical (unpaired) electrons. The molecule has 76 valence electrons. The van der Waals surface area contributed by atoms with Crippen LogP contribution >= 0.6 is 0 Å². The zero-order valence-corrected chi connectivity index (χ0v) is 7.54. The van der Waals surface area contributed by atoms with E-state index in [1.54, 1.807) is 12.1 Å². The first kappa shape index (κ1) is 9.40. The number of hydrogen-bond donors (Lipinski definition) is 1. The molecule has 1 aliphatic rings. The van der Waals surface area contributed by atoms with Crippen LogP contribution in [0.5, 0.6) is 0 Å². The minimum absolute atomic E-state index is 0.0559. The quantitative estimate of drug-likeness (QED) is 0.807. The summed E-state index contributed by atoms with van der Waals surface area (Å²) in [5, 5.41) is 3.17. The Morgan fingerprint density at radius 3 is 2.29 bits per heavy atom. The van der Waals surface area contributed by atoms with Crippen LogP contribution in [-0.2, 0) is 4.74 Å². The third-order valence-electron chi connectivity index (χ3n) is 2.17. The van der Waals surface area contributed by atoms with Gasteiger partial charge in [0.1, 0.15) is 0 Å². The van der Waals surface area contributed by atoms with E-state index in [9.17, 15) is 8.78 Å². The molecule has 0 bridgehead atoms. The van der Waals surface area contributed by atoms with E-state index in [0.717, 1.165) is 5.69 Å². The molecule has 4 heteroatoms. The molecule has 0 unspecified atom stereocenters. The van der Waals surface area contributed by atoms with Gasteiger partial charge in [-0.05, 0) is 12.1 Å². The van der Waals surface area contributed by atoms with Crippen molar-refractivity contribution in [3.05, 3.63) is 29.8 Å². The predicted octanol–water partition coefficient (Wildman–Crippen LogP) is 2.43. The maximum atomic E-state index is 12.2. The molecule has 1 heterocycles. The summed E-state index contributed by atoms with van der Waals surface area (Å²) in [4.78, 5) is 0. The minimum Gasteiger partial charge on any atom is -0.378 e. The first-order chi connectivity index (χ1) is 6.75. The number of nitrogens with one attached hydrogen (secondary N) is 1. The van der Waals surface area contributed by atoms with Crippen molar-refractivity contribution in [3.8, 4) is 0 Å². The summed E-state index contributed by atoms with van der Waals surface area (Å²) in [5.74, 6) is 0. The minimum atomic E-state index is -2.39. The van der Waals surface area contributed by atoms with Gasteiger partial charge >= 0.3 is 0 Å². The van der Waals surface area contributed by atoms with Crippen LogP contribution in [0.3, 0.4) is 0 Å². The Balaban J connectivity index is 1.98. The summed E-state index contributed by atoms with van der Waals surface area (Å²) in [5.41, 5.74) is 0.920. The molecule has 0 aliphatic carbocycles. The van der Waals surface area contributed by atoms with Crippen molar-refractivity contribution >= 4 is 5.69 Å². The van der Waals surface area contributed by atoms with Gasteiger partial charge in [0.25, 0.3) is 6.43 Å². The monoisotopic (exact) mass is 199 g/mol. The normalized spacial score (nSPS) is 16.8.